The van der Waals surface area contributed by atoms with Gasteiger partial charge >= 0.3 is 5.97 Å². The van der Waals surface area contributed by atoms with Gasteiger partial charge < -0.3 is 14.6 Å². The minimum Gasteiger partial charge on any atom is -0.503 e. The summed E-state index contributed by atoms with van der Waals surface area (Å²) in [6.07, 6.45) is 1.68. The van der Waals surface area contributed by atoms with Crippen LogP contribution in [0.4, 0.5) is 5.69 Å². The van der Waals surface area contributed by atoms with E-state index >= 15 is 0 Å². The van der Waals surface area contributed by atoms with Gasteiger partial charge in [-0.1, -0.05) is 24.0 Å². The summed E-state index contributed by atoms with van der Waals surface area (Å²) in [6.45, 7) is 2.03. The molecule has 1 saturated heterocycles. The van der Waals surface area contributed by atoms with Gasteiger partial charge in [0.25, 0.3) is 5.91 Å². The van der Waals surface area contributed by atoms with Gasteiger partial charge in [-0.15, -0.1) is 0 Å². The Morgan fingerprint density at radius 2 is 2.00 bits per heavy atom. The van der Waals surface area contributed by atoms with Crippen LogP contribution in [0.2, 0.25) is 0 Å². The quantitative estimate of drug-likeness (QED) is 0.366. The van der Waals surface area contributed by atoms with E-state index in [2.05, 4.69) is 15.9 Å². The number of thioether (sulfide) groups is 1. The fraction of sp³-hybridized carbons (Fsp3) is 0.150. The molecule has 0 aromatic heterocycles. The Kier molecular flexibility index (Phi) is 6.61. The van der Waals surface area contributed by atoms with Gasteiger partial charge in [0.05, 0.1) is 34.3 Å². The lowest BCUT2D eigenvalue weighted by Gasteiger charge is -2.14. The summed E-state index contributed by atoms with van der Waals surface area (Å²) in [6, 6.07) is 9.80. The number of ether oxygens (including phenoxy) is 2. The van der Waals surface area contributed by atoms with Crippen LogP contribution >= 0.6 is 39.9 Å². The van der Waals surface area contributed by atoms with E-state index in [9.17, 15) is 14.7 Å². The number of carbonyl (C=O) groups excluding carboxylic acids is 2. The van der Waals surface area contributed by atoms with Crippen LogP contribution < -0.4 is 9.64 Å². The van der Waals surface area contributed by atoms with Crippen LogP contribution in [0.3, 0.4) is 0 Å². The van der Waals surface area contributed by atoms with Crippen molar-refractivity contribution in [2.45, 2.75) is 6.92 Å². The number of methoxy groups -OCH3 is 1. The van der Waals surface area contributed by atoms with Crippen molar-refractivity contribution >= 4 is 67.9 Å². The smallest absolute Gasteiger partial charge is 0.338 e. The third-order valence-electron chi connectivity index (χ3n) is 4.00. The van der Waals surface area contributed by atoms with Crippen LogP contribution in [0.25, 0.3) is 6.08 Å². The van der Waals surface area contributed by atoms with Crippen molar-refractivity contribution in [1.82, 2.24) is 0 Å². The first-order valence-electron chi connectivity index (χ1n) is 8.47. The molecule has 1 N–H and O–H groups in total. The van der Waals surface area contributed by atoms with Gasteiger partial charge in [-0.05, 0) is 70.9 Å². The van der Waals surface area contributed by atoms with Gasteiger partial charge in [-0.3, -0.25) is 9.69 Å². The van der Waals surface area contributed by atoms with Crippen LogP contribution in [0.1, 0.15) is 22.8 Å². The molecule has 0 spiro atoms. The standard InChI is InChI=1S/C20H16BrNO5S2/c1-3-27-19(25)12-4-6-13(7-5-12)22-18(24)16(29-20(22)28)10-11-8-14(21)17(23)15(9-11)26-2/h4-10,23H,3H2,1-2H3. The third kappa shape index (κ3) is 4.47. The van der Waals surface area contributed by atoms with Crippen LogP contribution in [0.15, 0.2) is 45.8 Å². The lowest BCUT2D eigenvalue weighted by atomic mass is 10.1. The van der Waals surface area contributed by atoms with E-state index in [-0.39, 0.29) is 24.0 Å². The number of amides is 1. The number of thiocarbonyl (C=S) groups is 1. The second-order valence-corrected chi connectivity index (χ2v) is 8.37. The molecule has 0 radical (unpaired) electrons. The molecule has 1 aliphatic rings. The number of carbonyl (C=O) groups is 2. The molecule has 1 fully saturated rings. The van der Waals surface area contributed by atoms with Crippen LogP contribution in [0.5, 0.6) is 11.5 Å². The molecular weight excluding hydrogens is 478 g/mol. The fourth-order valence-corrected chi connectivity index (χ4v) is 4.39. The maximum absolute atomic E-state index is 12.9. The number of nitrogens with zero attached hydrogens (tertiary/aromatic N) is 1. The van der Waals surface area contributed by atoms with Crippen molar-refractivity contribution in [2.24, 2.45) is 0 Å². The molecule has 9 heteroatoms. The van der Waals surface area contributed by atoms with Crippen molar-refractivity contribution in [3.63, 3.8) is 0 Å². The predicted molar refractivity (Wildman–Crippen MR) is 120 cm³/mol. The van der Waals surface area contributed by atoms with E-state index in [0.717, 1.165) is 0 Å². The lowest BCUT2D eigenvalue weighted by Crippen LogP contribution is -2.27. The summed E-state index contributed by atoms with van der Waals surface area (Å²) in [4.78, 5) is 26.5. The molecule has 0 saturated carbocycles. The average Bonchev–Trinajstić information content (AvgIpc) is 2.98. The molecule has 150 valence electrons. The summed E-state index contributed by atoms with van der Waals surface area (Å²) >= 11 is 9.82. The third-order valence-corrected chi connectivity index (χ3v) is 5.91. The van der Waals surface area contributed by atoms with Crippen molar-refractivity contribution in [2.75, 3.05) is 18.6 Å². The SMILES string of the molecule is CCOC(=O)c1ccc(N2C(=O)C(=Cc3cc(Br)c(O)c(OC)c3)SC2=S)cc1. The number of halogens is 1. The Balaban J connectivity index is 1.87. The summed E-state index contributed by atoms with van der Waals surface area (Å²) < 4.78 is 10.9. The monoisotopic (exact) mass is 493 g/mol. The van der Waals surface area contributed by atoms with E-state index in [1.807, 2.05) is 0 Å². The molecule has 29 heavy (non-hydrogen) atoms. The number of esters is 1. The van der Waals surface area contributed by atoms with Gasteiger partial charge in [0.2, 0.25) is 0 Å². The average molecular weight is 494 g/mol. The van der Waals surface area contributed by atoms with Crippen molar-refractivity contribution < 1.29 is 24.2 Å². The molecule has 1 heterocycles. The molecule has 3 rings (SSSR count). The lowest BCUT2D eigenvalue weighted by molar-refractivity contribution is -0.113. The number of aromatic hydroxyl groups is 1. The zero-order valence-corrected chi connectivity index (χ0v) is 18.7. The molecule has 0 atom stereocenters. The summed E-state index contributed by atoms with van der Waals surface area (Å²) in [5, 5.41) is 9.94. The van der Waals surface area contributed by atoms with E-state index in [4.69, 9.17) is 21.7 Å². The Morgan fingerprint density at radius 1 is 1.31 bits per heavy atom. The van der Waals surface area contributed by atoms with Crippen LogP contribution in [0, 0.1) is 0 Å². The summed E-state index contributed by atoms with van der Waals surface area (Å²) in [5.41, 5.74) is 1.63. The minimum atomic E-state index is -0.420. The molecule has 1 aliphatic heterocycles. The summed E-state index contributed by atoms with van der Waals surface area (Å²) in [5.74, 6) is -0.419. The highest BCUT2D eigenvalue weighted by molar-refractivity contribution is 9.10. The number of phenols is 1. The Labute approximate surface area is 185 Å². The second kappa shape index (κ2) is 8.98. The zero-order valence-electron chi connectivity index (χ0n) is 15.5. The van der Waals surface area contributed by atoms with Crippen LogP contribution in [-0.2, 0) is 9.53 Å². The normalized spacial score (nSPS) is 15.1. The predicted octanol–water partition coefficient (Wildman–Crippen LogP) is 4.75. The Bertz CT molecular complexity index is 1020. The molecule has 2 aromatic carbocycles. The first kappa shape index (κ1) is 21.4. The number of hydrogen-bond acceptors (Lipinski definition) is 7. The summed E-state index contributed by atoms with van der Waals surface area (Å²) in [7, 11) is 1.45. The number of phenolic OH excluding ortho intramolecular Hbond substituents is 1. The molecule has 2 aromatic rings. The Hall–Kier alpha value is -2.36. The topological polar surface area (TPSA) is 76.1 Å². The van der Waals surface area contributed by atoms with Gasteiger partial charge in [-0.2, -0.15) is 0 Å². The molecule has 1 amide bonds. The van der Waals surface area contributed by atoms with Crippen molar-refractivity contribution in [3.8, 4) is 11.5 Å². The highest BCUT2D eigenvalue weighted by atomic mass is 79.9. The van der Waals surface area contributed by atoms with E-state index in [0.29, 0.717) is 30.5 Å². The van der Waals surface area contributed by atoms with Crippen LogP contribution in [-0.4, -0.2) is 35.0 Å². The Morgan fingerprint density at radius 3 is 2.62 bits per heavy atom. The maximum atomic E-state index is 12.9. The van der Waals surface area contributed by atoms with Gasteiger partial charge in [0.1, 0.15) is 0 Å². The van der Waals surface area contributed by atoms with Gasteiger partial charge in [0.15, 0.2) is 15.8 Å². The highest BCUT2D eigenvalue weighted by Crippen LogP contribution is 2.39. The molecule has 0 unspecified atom stereocenters. The van der Waals surface area contributed by atoms with Gasteiger partial charge in [-0.25, -0.2) is 4.79 Å². The van der Waals surface area contributed by atoms with Gasteiger partial charge in [0, 0.05) is 0 Å². The largest absolute Gasteiger partial charge is 0.503 e. The number of anilines is 1. The van der Waals surface area contributed by atoms with E-state index < -0.39 is 5.97 Å². The van der Waals surface area contributed by atoms with Crippen molar-refractivity contribution in [3.05, 3.63) is 56.9 Å². The van der Waals surface area contributed by atoms with E-state index in [1.54, 1.807) is 49.4 Å². The number of benzene rings is 2. The first-order valence-corrected chi connectivity index (χ1v) is 10.5. The van der Waals surface area contributed by atoms with Crippen molar-refractivity contribution in [1.29, 1.82) is 0 Å². The number of rotatable bonds is 5. The first-order chi connectivity index (χ1) is 13.8. The second-order valence-electron chi connectivity index (χ2n) is 5.84. The maximum Gasteiger partial charge on any atom is 0.338 e. The molecule has 6 nitrogen and oxygen atoms in total. The zero-order chi connectivity index (χ0) is 21.1. The minimum absolute atomic E-state index is 0.0149. The number of hydrogen-bond donors (Lipinski definition) is 1. The fourth-order valence-electron chi connectivity index (χ4n) is 2.64. The molecule has 0 aliphatic carbocycles. The highest BCUT2D eigenvalue weighted by Gasteiger charge is 2.33. The molecular formula is C20H16BrNO5S2. The van der Waals surface area contributed by atoms with E-state index in [1.165, 1.54) is 23.8 Å². The molecule has 0 bridgehead atoms.